The van der Waals surface area contributed by atoms with E-state index in [0.29, 0.717) is 30.9 Å². The summed E-state index contributed by atoms with van der Waals surface area (Å²) in [4.78, 5) is 8.66. The van der Waals surface area contributed by atoms with E-state index in [1.54, 1.807) is 10.9 Å². The van der Waals surface area contributed by atoms with E-state index in [-0.39, 0.29) is 17.5 Å². The van der Waals surface area contributed by atoms with Crippen molar-refractivity contribution in [2.45, 2.75) is 19.8 Å². The van der Waals surface area contributed by atoms with Gasteiger partial charge in [-0.3, -0.25) is 4.68 Å². The second-order valence-corrected chi connectivity index (χ2v) is 7.09. The SMILES string of the molecule is Cc1cc(-c2nc(-c3ccc(OC(F)(F)F)cc3)no2)nn1Cc1ccc(NCCN)nc1. The van der Waals surface area contributed by atoms with Gasteiger partial charge in [0.25, 0.3) is 5.89 Å². The van der Waals surface area contributed by atoms with Gasteiger partial charge in [0, 0.05) is 30.5 Å². The van der Waals surface area contributed by atoms with Crippen LogP contribution in [0.2, 0.25) is 0 Å². The Hall–Kier alpha value is -3.93. The summed E-state index contributed by atoms with van der Waals surface area (Å²) in [5, 5.41) is 11.5. The first kappa shape index (κ1) is 22.3. The molecule has 4 aromatic rings. The van der Waals surface area contributed by atoms with Gasteiger partial charge >= 0.3 is 6.36 Å². The Morgan fingerprint density at radius 2 is 1.94 bits per heavy atom. The van der Waals surface area contributed by atoms with Crippen LogP contribution in [0.3, 0.4) is 0 Å². The highest BCUT2D eigenvalue weighted by molar-refractivity contribution is 5.59. The minimum atomic E-state index is -4.75. The normalized spacial score (nSPS) is 11.5. The summed E-state index contributed by atoms with van der Waals surface area (Å²) in [6.45, 7) is 3.56. The van der Waals surface area contributed by atoms with Crippen molar-refractivity contribution < 1.29 is 22.4 Å². The Labute approximate surface area is 186 Å². The molecule has 4 rings (SSSR count). The molecule has 3 heterocycles. The summed E-state index contributed by atoms with van der Waals surface area (Å²) in [6.07, 6.45) is -2.99. The zero-order valence-corrected chi connectivity index (χ0v) is 17.5. The van der Waals surface area contributed by atoms with Crippen LogP contribution >= 0.6 is 0 Å². The predicted molar refractivity (Wildman–Crippen MR) is 113 cm³/mol. The van der Waals surface area contributed by atoms with Crippen molar-refractivity contribution in [1.29, 1.82) is 0 Å². The third-order valence-corrected chi connectivity index (χ3v) is 4.58. The number of ether oxygens (including phenoxy) is 1. The summed E-state index contributed by atoms with van der Waals surface area (Å²) in [7, 11) is 0. The number of nitrogens with zero attached hydrogens (tertiary/aromatic N) is 5. The van der Waals surface area contributed by atoms with E-state index >= 15 is 0 Å². The van der Waals surface area contributed by atoms with Crippen LogP contribution in [-0.2, 0) is 6.54 Å². The first-order chi connectivity index (χ1) is 15.8. The van der Waals surface area contributed by atoms with E-state index in [1.807, 2.05) is 25.1 Å². The summed E-state index contributed by atoms with van der Waals surface area (Å²) in [6, 6.07) is 10.8. The third kappa shape index (κ3) is 5.66. The number of hydrogen-bond donors (Lipinski definition) is 2. The highest BCUT2D eigenvalue weighted by Gasteiger charge is 2.31. The number of aryl methyl sites for hydroxylation is 1. The molecule has 0 saturated carbocycles. The zero-order chi connectivity index (χ0) is 23.4. The van der Waals surface area contributed by atoms with Gasteiger partial charge in [-0.1, -0.05) is 11.2 Å². The molecule has 33 heavy (non-hydrogen) atoms. The van der Waals surface area contributed by atoms with Gasteiger partial charge in [-0.2, -0.15) is 10.1 Å². The molecule has 0 spiro atoms. The van der Waals surface area contributed by atoms with Gasteiger partial charge in [-0.15, -0.1) is 13.2 Å². The molecule has 0 aliphatic carbocycles. The van der Waals surface area contributed by atoms with Crippen LogP contribution in [0, 0.1) is 6.92 Å². The molecule has 0 atom stereocenters. The molecule has 0 fully saturated rings. The van der Waals surface area contributed by atoms with Gasteiger partial charge in [0.2, 0.25) is 5.82 Å². The largest absolute Gasteiger partial charge is 0.573 e. The van der Waals surface area contributed by atoms with E-state index < -0.39 is 6.36 Å². The quantitative estimate of drug-likeness (QED) is 0.410. The highest BCUT2D eigenvalue weighted by atomic mass is 19.4. The number of halogens is 3. The molecule has 0 amide bonds. The van der Waals surface area contributed by atoms with Crippen molar-refractivity contribution in [2.75, 3.05) is 18.4 Å². The lowest BCUT2D eigenvalue weighted by Gasteiger charge is -2.08. The van der Waals surface area contributed by atoms with Crippen molar-refractivity contribution in [3.63, 3.8) is 0 Å². The summed E-state index contributed by atoms with van der Waals surface area (Å²) >= 11 is 0. The van der Waals surface area contributed by atoms with Gasteiger partial charge in [0.1, 0.15) is 11.6 Å². The molecule has 0 saturated heterocycles. The molecule has 172 valence electrons. The number of hydrogen-bond acceptors (Lipinski definition) is 8. The Morgan fingerprint density at radius 1 is 1.15 bits per heavy atom. The fourth-order valence-electron chi connectivity index (χ4n) is 3.02. The van der Waals surface area contributed by atoms with Gasteiger partial charge in [0.15, 0.2) is 5.69 Å². The number of anilines is 1. The minimum Gasteiger partial charge on any atom is -0.406 e. The average Bonchev–Trinajstić information content (AvgIpc) is 3.40. The molecule has 0 aliphatic rings. The Bertz CT molecular complexity index is 1200. The molecule has 0 unspecified atom stereocenters. The average molecular weight is 459 g/mol. The Kier molecular flexibility index (Phi) is 6.27. The van der Waals surface area contributed by atoms with E-state index in [4.69, 9.17) is 10.3 Å². The van der Waals surface area contributed by atoms with Crippen molar-refractivity contribution in [1.82, 2.24) is 24.9 Å². The molecule has 3 N–H and O–H groups in total. The van der Waals surface area contributed by atoms with Crippen molar-refractivity contribution in [2.24, 2.45) is 5.73 Å². The Balaban J connectivity index is 1.46. The number of pyridine rings is 1. The number of benzene rings is 1. The van der Waals surface area contributed by atoms with Crippen LogP contribution in [0.25, 0.3) is 23.0 Å². The number of aromatic nitrogens is 5. The first-order valence-electron chi connectivity index (χ1n) is 9.94. The fourth-order valence-corrected chi connectivity index (χ4v) is 3.02. The standard InChI is InChI=1S/C21H20F3N7O2/c1-13-10-17(29-31(13)12-14-2-7-18(27-11-14)26-9-8-25)20-28-19(30-33-20)15-3-5-16(6-4-15)32-21(22,23)24/h2-7,10-11H,8-9,12,25H2,1H3,(H,26,27). The maximum atomic E-state index is 12.3. The lowest BCUT2D eigenvalue weighted by Crippen LogP contribution is -2.16. The maximum absolute atomic E-state index is 12.3. The van der Waals surface area contributed by atoms with Gasteiger partial charge < -0.3 is 20.3 Å². The van der Waals surface area contributed by atoms with E-state index in [9.17, 15) is 13.2 Å². The van der Waals surface area contributed by atoms with Crippen LogP contribution in [0.1, 0.15) is 11.3 Å². The Morgan fingerprint density at radius 3 is 2.61 bits per heavy atom. The van der Waals surface area contributed by atoms with Gasteiger partial charge in [-0.25, -0.2) is 4.98 Å². The second kappa shape index (κ2) is 9.28. The lowest BCUT2D eigenvalue weighted by atomic mass is 10.2. The second-order valence-electron chi connectivity index (χ2n) is 7.09. The predicted octanol–water partition coefficient (Wildman–Crippen LogP) is 3.62. The number of rotatable bonds is 8. The minimum absolute atomic E-state index is 0.196. The lowest BCUT2D eigenvalue weighted by molar-refractivity contribution is -0.274. The van der Waals surface area contributed by atoms with Crippen molar-refractivity contribution in [3.05, 3.63) is 59.9 Å². The summed E-state index contributed by atoms with van der Waals surface area (Å²) < 4.78 is 47.9. The molecular formula is C21H20F3N7O2. The molecule has 3 aromatic heterocycles. The molecule has 9 nitrogen and oxygen atoms in total. The molecule has 0 bridgehead atoms. The topological polar surface area (TPSA) is 117 Å². The molecule has 0 radical (unpaired) electrons. The molecule has 12 heteroatoms. The summed E-state index contributed by atoms with van der Waals surface area (Å²) in [5.74, 6) is 0.836. The highest BCUT2D eigenvalue weighted by Crippen LogP contribution is 2.27. The van der Waals surface area contributed by atoms with Crippen LogP contribution in [0.5, 0.6) is 5.75 Å². The van der Waals surface area contributed by atoms with Crippen LogP contribution in [-0.4, -0.2) is 44.4 Å². The van der Waals surface area contributed by atoms with Crippen LogP contribution in [0.4, 0.5) is 19.0 Å². The molecule has 0 aliphatic heterocycles. The number of nitrogens with one attached hydrogen (secondary N) is 1. The van der Waals surface area contributed by atoms with Crippen molar-refractivity contribution >= 4 is 5.82 Å². The molecular weight excluding hydrogens is 439 g/mol. The van der Waals surface area contributed by atoms with Gasteiger partial charge in [-0.05, 0) is 48.9 Å². The third-order valence-electron chi connectivity index (χ3n) is 4.58. The van der Waals surface area contributed by atoms with E-state index in [0.717, 1.165) is 17.1 Å². The smallest absolute Gasteiger partial charge is 0.406 e. The zero-order valence-electron chi connectivity index (χ0n) is 17.5. The maximum Gasteiger partial charge on any atom is 0.573 e. The van der Waals surface area contributed by atoms with E-state index in [1.165, 1.54) is 24.3 Å². The van der Waals surface area contributed by atoms with Crippen molar-refractivity contribution in [3.8, 4) is 28.7 Å². The van der Waals surface area contributed by atoms with Crippen LogP contribution in [0.15, 0.2) is 53.2 Å². The van der Waals surface area contributed by atoms with Gasteiger partial charge in [0.05, 0.1) is 6.54 Å². The number of alkyl halides is 3. The number of nitrogens with two attached hydrogens (primary N) is 1. The fraction of sp³-hybridized carbons (Fsp3) is 0.238. The first-order valence-corrected chi connectivity index (χ1v) is 9.94. The van der Waals surface area contributed by atoms with E-state index in [2.05, 4.69) is 30.3 Å². The monoisotopic (exact) mass is 459 g/mol. The van der Waals surface area contributed by atoms with Crippen LogP contribution < -0.4 is 15.8 Å². The molecule has 1 aromatic carbocycles. The summed E-state index contributed by atoms with van der Waals surface area (Å²) in [5.41, 5.74) is 8.27.